The predicted molar refractivity (Wildman–Crippen MR) is 145 cm³/mol. The Balaban J connectivity index is 1.44. The van der Waals surface area contributed by atoms with Gasteiger partial charge in [0.25, 0.3) is 0 Å². The van der Waals surface area contributed by atoms with Crippen LogP contribution in [0.3, 0.4) is 0 Å². The zero-order valence-corrected chi connectivity index (χ0v) is 21.4. The molecule has 4 aromatic carbocycles. The number of hydrogen-bond donors (Lipinski definition) is 0. The number of benzene rings is 4. The van der Waals surface area contributed by atoms with Crippen molar-refractivity contribution in [1.82, 2.24) is 0 Å². The van der Waals surface area contributed by atoms with Crippen LogP contribution in [0.1, 0.15) is 22.3 Å². The second kappa shape index (κ2) is 10.0. The average molecular weight is 489 g/mol. The molecule has 0 unspecified atom stereocenters. The second-order valence-electron chi connectivity index (χ2n) is 7.94. The molecule has 1 aliphatic rings. The van der Waals surface area contributed by atoms with Gasteiger partial charge in [-0.25, -0.2) is 0 Å². The minimum absolute atomic E-state index is 1.00. The zero-order valence-electron chi connectivity index (χ0n) is 18.1. The Hall–Kier alpha value is -1.72. The molecule has 1 aliphatic heterocycles. The van der Waals surface area contributed by atoms with E-state index in [4.69, 9.17) is 0 Å². The summed E-state index contributed by atoms with van der Waals surface area (Å²) in [5.74, 6) is 2.00. The van der Waals surface area contributed by atoms with Crippen LogP contribution in [0, 0.1) is 13.8 Å². The molecule has 0 saturated carbocycles. The van der Waals surface area contributed by atoms with Crippen LogP contribution in [0.5, 0.6) is 0 Å². The van der Waals surface area contributed by atoms with Gasteiger partial charge in [-0.2, -0.15) is 0 Å². The largest absolute Gasteiger partial charge is 0.121 e. The molecule has 160 valence electrons. The minimum atomic E-state index is 1.00. The van der Waals surface area contributed by atoms with Crippen LogP contribution in [0.4, 0.5) is 0 Å². The summed E-state index contributed by atoms with van der Waals surface area (Å²) in [4.78, 5) is 5.52. The smallest absolute Gasteiger partial charge is 0.0268 e. The van der Waals surface area contributed by atoms with Gasteiger partial charge in [-0.3, -0.25) is 0 Å². The van der Waals surface area contributed by atoms with Crippen molar-refractivity contribution >= 4 is 45.1 Å². The Morgan fingerprint density at radius 3 is 1.38 bits per heavy atom. The molecule has 0 atom stereocenters. The van der Waals surface area contributed by atoms with Gasteiger partial charge in [0.05, 0.1) is 0 Å². The first-order valence-electron chi connectivity index (χ1n) is 10.6. The standard InChI is InChI=1S/C28H24S4/c1-19-13-27-23(15-25(19)29-17-21-9-5-3-6-10-21)24-16-26(20(2)14-28(24)32-31-27)30-18-22-11-7-4-8-12-22/h3-16H,17-18H2,1-2H3. The maximum absolute atomic E-state index is 2.42. The van der Waals surface area contributed by atoms with E-state index in [0.29, 0.717) is 0 Å². The van der Waals surface area contributed by atoms with E-state index in [1.54, 1.807) is 0 Å². The van der Waals surface area contributed by atoms with Crippen molar-refractivity contribution in [2.75, 3.05) is 0 Å². The molecular formula is C28H24S4. The molecule has 0 N–H and O–H groups in total. The third-order valence-corrected chi connectivity index (χ3v) is 10.4. The minimum Gasteiger partial charge on any atom is -0.121 e. The molecular weight excluding hydrogens is 465 g/mol. The van der Waals surface area contributed by atoms with Crippen LogP contribution in [-0.2, 0) is 11.5 Å². The van der Waals surface area contributed by atoms with E-state index in [9.17, 15) is 0 Å². The fourth-order valence-electron chi connectivity index (χ4n) is 3.75. The second-order valence-corrected chi connectivity index (χ2v) is 12.2. The van der Waals surface area contributed by atoms with Crippen molar-refractivity contribution in [3.63, 3.8) is 0 Å². The first-order chi connectivity index (χ1) is 15.7. The summed E-state index contributed by atoms with van der Waals surface area (Å²) < 4.78 is 0. The van der Waals surface area contributed by atoms with Gasteiger partial charge in [0.2, 0.25) is 0 Å². The lowest BCUT2D eigenvalue weighted by molar-refractivity contribution is 1.20. The molecule has 0 radical (unpaired) electrons. The highest BCUT2D eigenvalue weighted by atomic mass is 33.1. The molecule has 0 fully saturated rings. The highest BCUT2D eigenvalue weighted by molar-refractivity contribution is 8.76. The van der Waals surface area contributed by atoms with Crippen molar-refractivity contribution < 1.29 is 0 Å². The maximum atomic E-state index is 2.42. The topological polar surface area (TPSA) is 0 Å². The number of aryl methyl sites for hydroxylation is 2. The molecule has 4 aromatic rings. The molecule has 0 amide bonds. The lowest BCUT2D eigenvalue weighted by Crippen LogP contribution is -1.95. The van der Waals surface area contributed by atoms with Crippen molar-refractivity contribution in [3.05, 3.63) is 107 Å². The van der Waals surface area contributed by atoms with Crippen LogP contribution in [0.2, 0.25) is 0 Å². The Bertz CT molecular complexity index is 1130. The van der Waals surface area contributed by atoms with E-state index in [-0.39, 0.29) is 0 Å². The Labute approximate surface area is 207 Å². The van der Waals surface area contributed by atoms with Crippen molar-refractivity contribution in [2.24, 2.45) is 0 Å². The van der Waals surface area contributed by atoms with Gasteiger partial charge in [-0.15, -0.1) is 23.5 Å². The van der Waals surface area contributed by atoms with Crippen molar-refractivity contribution in [3.8, 4) is 11.1 Å². The van der Waals surface area contributed by atoms with Gasteiger partial charge in [-0.1, -0.05) is 82.3 Å². The molecule has 32 heavy (non-hydrogen) atoms. The zero-order chi connectivity index (χ0) is 21.9. The molecule has 0 spiro atoms. The van der Waals surface area contributed by atoms with E-state index in [1.807, 2.05) is 45.1 Å². The van der Waals surface area contributed by atoms with E-state index < -0.39 is 0 Å². The molecule has 5 rings (SSSR count). The Morgan fingerprint density at radius 2 is 0.969 bits per heavy atom. The summed E-state index contributed by atoms with van der Waals surface area (Å²) in [6.07, 6.45) is 0. The molecule has 0 aliphatic carbocycles. The van der Waals surface area contributed by atoms with Gasteiger partial charge in [-0.05, 0) is 71.5 Å². The first kappa shape index (κ1) is 22.1. The first-order valence-corrected chi connectivity index (χ1v) is 14.8. The highest BCUT2D eigenvalue weighted by Gasteiger charge is 2.21. The van der Waals surface area contributed by atoms with E-state index in [1.165, 1.54) is 53.0 Å². The Morgan fingerprint density at radius 1 is 0.562 bits per heavy atom. The number of hydrogen-bond acceptors (Lipinski definition) is 4. The summed E-state index contributed by atoms with van der Waals surface area (Å²) in [7, 11) is 3.79. The van der Waals surface area contributed by atoms with Gasteiger partial charge in [0.1, 0.15) is 0 Å². The van der Waals surface area contributed by atoms with E-state index >= 15 is 0 Å². The van der Waals surface area contributed by atoms with Gasteiger partial charge in [0.15, 0.2) is 0 Å². The van der Waals surface area contributed by atoms with Crippen molar-refractivity contribution in [2.45, 2.75) is 44.9 Å². The number of rotatable bonds is 6. The fourth-order valence-corrected chi connectivity index (χ4v) is 8.27. The maximum Gasteiger partial charge on any atom is 0.0268 e. The van der Waals surface area contributed by atoms with Crippen LogP contribution in [-0.4, -0.2) is 0 Å². The number of fused-ring (bicyclic) bond motifs is 3. The third kappa shape index (κ3) is 4.94. The third-order valence-electron chi connectivity index (χ3n) is 5.54. The van der Waals surface area contributed by atoms with Gasteiger partial charge >= 0.3 is 0 Å². The lowest BCUT2D eigenvalue weighted by atomic mass is 10.0. The SMILES string of the molecule is Cc1cc2c(cc1SCc1ccccc1)-c1cc(SCc3ccccc3)c(C)cc1SS2. The molecule has 4 heteroatoms. The van der Waals surface area contributed by atoms with Crippen LogP contribution in [0.25, 0.3) is 11.1 Å². The Kier molecular flexibility index (Phi) is 6.94. The van der Waals surface area contributed by atoms with Gasteiger partial charge in [0, 0.05) is 31.1 Å². The normalized spacial score (nSPS) is 12.3. The molecule has 0 bridgehead atoms. The molecule has 0 saturated heterocycles. The average Bonchev–Trinajstić information content (AvgIpc) is 2.83. The molecule has 1 heterocycles. The molecule has 0 nitrogen and oxygen atoms in total. The highest BCUT2D eigenvalue weighted by Crippen LogP contribution is 2.53. The monoisotopic (exact) mass is 488 g/mol. The van der Waals surface area contributed by atoms with Crippen molar-refractivity contribution in [1.29, 1.82) is 0 Å². The lowest BCUT2D eigenvalue weighted by Gasteiger charge is -2.22. The summed E-state index contributed by atoms with van der Waals surface area (Å²) in [5.41, 5.74) is 8.24. The van der Waals surface area contributed by atoms with E-state index in [0.717, 1.165) is 11.5 Å². The quantitative estimate of drug-likeness (QED) is 0.195. The predicted octanol–water partition coefficient (Wildman–Crippen LogP) is 9.67. The molecule has 0 aromatic heterocycles. The summed E-state index contributed by atoms with van der Waals surface area (Å²) in [5, 5.41) is 0. The fraction of sp³-hybridized carbons (Fsp3) is 0.143. The van der Waals surface area contributed by atoms with Crippen LogP contribution in [0.15, 0.2) is 105 Å². The number of thioether (sulfide) groups is 2. The van der Waals surface area contributed by atoms with E-state index in [2.05, 4.69) is 98.8 Å². The van der Waals surface area contributed by atoms with Gasteiger partial charge < -0.3 is 0 Å². The van der Waals surface area contributed by atoms with Crippen LogP contribution >= 0.6 is 45.1 Å². The van der Waals surface area contributed by atoms with Crippen LogP contribution < -0.4 is 0 Å². The summed E-state index contributed by atoms with van der Waals surface area (Å²) in [6.45, 7) is 4.48. The summed E-state index contributed by atoms with van der Waals surface area (Å²) in [6, 6.07) is 31.1. The summed E-state index contributed by atoms with van der Waals surface area (Å²) >= 11 is 3.88.